The first-order valence-electron chi connectivity index (χ1n) is 6.12. The number of alkyl halides is 1. The lowest BCUT2D eigenvalue weighted by atomic mass is 10.1. The molecule has 1 aromatic rings. The molecule has 4 nitrogen and oxygen atoms in total. The first kappa shape index (κ1) is 14.5. The summed E-state index contributed by atoms with van der Waals surface area (Å²) in [5.41, 5.74) is 0.726. The Bertz CT molecular complexity index is 556. The largest absolute Gasteiger partial charge is 0.490 e. The van der Waals surface area contributed by atoms with Gasteiger partial charge in [-0.25, -0.2) is 8.42 Å². The van der Waals surface area contributed by atoms with Crippen LogP contribution in [0.2, 0.25) is 0 Å². The molecule has 1 aliphatic rings. The molecule has 2 unspecified atom stereocenters. The summed E-state index contributed by atoms with van der Waals surface area (Å²) in [6, 6.07) is 5.33. The highest BCUT2D eigenvalue weighted by Gasteiger charge is 2.26. The first-order valence-corrected chi connectivity index (χ1v) is 8.51. The van der Waals surface area contributed by atoms with Crippen molar-refractivity contribution in [2.24, 2.45) is 0 Å². The second-order valence-electron chi connectivity index (χ2n) is 4.69. The molecule has 0 N–H and O–H groups in total. The van der Waals surface area contributed by atoms with Gasteiger partial charge in [0.1, 0.15) is 0 Å². The monoisotopic (exact) mass is 304 g/mol. The summed E-state index contributed by atoms with van der Waals surface area (Å²) in [5.74, 6) is 1.30. The lowest BCUT2D eigenvalue weighted by molar-refractivity contribution is 0.297. The van der Waals surface area contributed by atoms with E-state index in [0.717, 1.165) is 12.0 Å². The molecular formula is C13H17ClO4S. The number of hydrogen-bond donors (Lipinski definition) is 0. The van der Waals surface area contributed by atoms with Crippen LogP contribution in [0.4, 0.5) is 0 Å². The molecule has 0 aromatic heterocycles. The van der Waals surface area contributed by atoms with Gasteiger partial charge in [0.15, 0.2) is 21.3 Å². The minimum atomic E-state index is -3.18. The van der Waals surface area contributed by atoms with Gasteiger partial charge in [-0.05, 0) is 24.6 Å². The lowest BCUT2D eigenvalue weighted by Gasteiger charge is -2.18. The van der Waals surface area contributed by atoms with Crippen molar-refractivity contribution in [3.05, 3.63) is 23.8 Å². The second-order valence-corrected chi connectivity index (χ2v) is 7.57. The standard InChI is InChI=1S/C13H17ClO4S/c1-9(19(2,15)16)13(14)10-4-5-11-12(8-10)18-7-3-6-17-11/h4-5,8-9,13H,3,6-7H2,1-2H3. The maximum absolute atomic E-state index is 11.5. The molecule has 0 saturated heterocycles. The SMILES string of the molecule is CC(C(Cl)c1ccc2c(c1)OCCCO2)S(C)(=O)=O. The highest BCUT2D eigenvalue weighted by Crippen LogP contribution is 2.36. The van der Waals surface area contributed by atoms with Crippen molar-refractivity contribution in [2.45, 2.75) is 24.0 Å². The molecule has 19 heavy (non-hydrogen) atoms. The zero-order valence-corrected chi connectivity index (χ0v) is 12.5. The van der Waals surface area contributed by atoms with Crippen LogP contribution in [0.3, 0.4) is 0 Å². The van der Waals surface area contributed by atoms with E-state index in [1.165, 1.54) is 6.26 Å². The molecule has 2 atom stereocenters. The van der Waals surface area contributed by atoms with Crippen molar-refractivity contribution in [1.82, 2.24) is 0 Å². The van der Waals surface area contributed by atoms with Gasteiger partial charge in [0.25, 0.3) is 0 Å². The highest BCUT2D eigenvalue weighted by molar-refractivity contribution is 7.91. The quantitative estimate of drug-likeness (QED) is 0.805. The van der Waals surface area contributed by atoms with Crippen molar-refractivity contribution in [1.29, 1.82) is 0 Å². The molecule has 2 rings (SSSR count). The van der Waals surface area contributed by atoms with Crippen molar-refractivity contribution in [2.75, 3.05) is 19.5 Å². The van der Waals surface area contributed by atoms with Gasteiger partial charge in [0.05, 0.1) is 23.8 Å². The topological polar surface area (TPSA) is 52.6 Å². The smallest absolute Gasteiger partial charge is 0.161 e. The normalized spacial score (nSPS) is 18.5. The van der Waals surface area contributed by atoms with Crippen molar-refractivity contribution in [3.8, 4) is 11.5 Å². The van der Waals surface area contributed by atoms with Gasteiger partial charge in [-0.1, -0.05) is 6.07 Å². The van der Waals surface area contributed by atoms with E-state index in [4.69, 9.17) is 21.1 Å². The van der Waals surface area contributed by atoms with Gasteiger partial charge in [-0.2, -0.15) is 0 Å². The molecule has 0 bridgehead atoms. The van der Waals surface area contributed by atoms with Crippen LogP contribution >= 0.6 is 11.6 Å². The zero-order chi connectivity index (χ0) is 14.0. The number of hydrogen-bond acceptors (Lipinski definition) is 4. The maximum atomic E-state index is 11.5. The molecule has 0 radical (unpaired) electrons. The lowest BCUT2D eigenvalue weighted by Crippen LogP contribution is -2.21. The summed E-state index contributed by atoms with van der Waals surface area (Å²) < 4.78 is 34.2. The van der Waals surface area contributed by atoms with E-state index in [-0.39, 0.29) is 0 Å². The van der Waals surface area contributed by atoms with Crippen molar-refractivity contribution in [3.63, 3.8) is 0 Å². The molecule has 1 aromatic carbocycles. The molecule has 0 spiro atoms. The van der Waals surface area contributed by atoms with Gasteiger partial charge in [0.2, 0.25) is 0 Å². The summed E-state index contributed by atoms with van der Waals surface area (Å²) in [5, 5.41) is -1.26. The van der Waals surface area contributed by atoms with E-state index < -0.39 is 20.5 Å². The van der Waals surface area contributed by atoms with Crippen LogP contribution in [0.1, 0.15) is 24.3 Å². The van der Waals surface area contributed by atoms with E-state index in [0.29, 0.717) is 24.7 Å². The Morgan fingerprint density at radius 3 is 2.47 bits per heavy atom. The Kier molecular flexibility index (Phi) is 4.26. The average Bonchev–Trinajstić information content (AvgIpc) is 2.60. The third-order valence-electron chi connectivity index (χ3n) is 3.18. The van der Waals surface area contributed by atoms with Crippen molar-refractivity contribution < 1.29 is 17.9 Å². The zero-order valence-electron chi connectivity index (χ0n) is 10.9. The van der Waals surface area contributed by atoms with Crippen LogP contribution in [0.15, 0.2) is 18.2 Å². The molecule has 0 amide bonds. The van der Waals surface area contributed by atoms with Crippen LogP contribution in [0, 0.1) is 0 Å². The number of fused-ring (bicyclic) bond motifs is 1. The highest BCUT2D eigenvalue weighted by atomic mass is 35.5. The molecule has 0 saturated carbocycles. The number of benzene rings is 1. The number of sulfone groups is 1. The Labute approximate surface area is 118 Å². The Hall–Kier alpha value is -0.940. The minimum absolute atomic E-state index is 0.588. The molecule has 1 aliphatic heterocycles. The third-order valence-corrected chi connectivity index (χ3v) is 5.58. The van der Waals surface area contributed by atoms with Crippen molar-refractivity contribution >= 4 is 21.4 Å². The summed E-state index contributed by atoms with van der Waals surface area (Å²) in [6.07, 6.45) is 2.02. The van der Waals surface area contributed by atoms with Crippen LogP contribution in [0.5, 0.6) is 11.5 Å². The molecule has 0 aliphatic carbocycles. The Balaban J connectivity index is 2.29. The summed E-state index contributed by atoms with van der Waals surface area (Å²) in [6.45, 7) is 2.82. The Morgan fingerprint density at radius 1 is 1.21 bits per heavy atom. The summed E-state index contributed by atoms with van der Waals surface area (Å²) in [7, 11) is -3.18. The summed E-state index contributed by atoms with van der Waals surface area (Å²) in [4.78, 5) is 0. The van der Waals surface area contributed by atoms with E-state index >= 15 is 0 Å². The average molecular weight is 305 g/mol. The fourth-order valence-electron chi connectivity index (χ4n) is 1.84. The van der Waals surface area contributed by atoms with Crippen LogP contribution in [0.25, 0.3) is 0 Å². The first-order chi connectivity index (χ1) is 8.89. The molecular weight excluding hydrogens is 288 g/mol. The predicted octanol–water partition coefficient (Wildman–Crippen LogP) is 2.56. The third kappa shape index (κ3) is 3.34. The minimum Gasteiger partial charge on any atom is -0.490 e. The van der Waals surface area contributed by atoms with Crippen LogP contribution in [-0.2, 0) is 9.84 Å². The van der Waals surface area contributed by atoms with E-state index in [9.17, 15) is 8.42 Å². The molecule has 0 fully saturated rings. The van der Waals surface area contributed by atoms with E-state index in [2.05, 4.69) is 0 Å². The van der Waals surface area contributed by atoms with Gasteiger partial charge >= 0.3 is 0 Å². The number of rotatable bonds is 3. The van der Waals surface area contributed by atoms with Gasteiger partial charge in [0, 0.05) is 12.7 Å². The number of ether oxygens (including phenoxy) is 2. The molecule has 1 heterocycles. The summed E-state index contributed by atoms with van der Waals surface area (Å²) >= 11 is 6.25. The van der Waals surface area contributed by atoms with Gasteiger partial charge < -0.3 is 9.47 Å². The molecule has 6 heteroatoms. The second kappa shape index (κ2) is 5.59. The van der Waals surface area contributed by atoms with E-state index in [1.54, 1.807) is 25.1 Å². The molecule has 106 valence electrons. The predicted molar refractivity (Wildman–Crippen MR) is 74.9 cm³/mol. The number of halogens is 1. The van der Waals surface area contributed by atoms with Gasteiger partial charge in [-0.3, -0.25) is 0 Å². The fraction of sp³-hybridized carbons (Fsp3) is 0.538. The fourth-order valence-corrected chi connectivity index (χ4v) is 3.13. The van der Waals surface area contributed by atoms with Crippen LogP contribution < -0.4 is 9.47 Å². The van der Waals surface area contributed by atoms with Crippen LogP contribution in [-0.4, -0.2) is 33.1 Å². The Morgan fingerprint density at radius 2 is 1.84 bits per heavy atom. The van der Waals surface area contributed by atoms with Gasteiger partial charge in [-0.15, -0.1) is 11.6 Å². The maximum Gasteiger partial charge on any atom is 0.161 e. The van der Waals surface area contributed by atoms with E-state index in [1.807, 2.05) is 0 Å².